The summed E-state index contributed by atoms with van der Waals surface area (Å²) in [6.07, 6.45) is 2.99. The zero-order valence-corrected chi connectivity index (χ0v) is 11.6. The monoisotopic (exact) mass is 289 g/mol. The summed E-state index contributed by atoms with van der Waals surface area (Å²) in [6, 6.07) is 1.34. The minimum absolute atomic E-state index is 0.0898. The van der Waals surface area contributed by atoms with Gasteiger partial charge in [-0.05, 0) is 36.1 Å². The maximum absolute atomic E-state index is 12.0. The molecule has 5 nitrogen and oxygen atoms in total. The molecule has 1 heterocycles. The fourth-order valence-electron chi connectivity index (χ4n) is 1.82. The van der Waals surface area contributed by atoms with Crippen LogP contribution in [0.25, 0.3) is 0 Å². The molecule has 1 aromatic heterocycles. The van der Waals surface area contributed by atoms with E-state index in [0.717, 1.165) is 30.6 Å². The summed E-state index contributed by atoms with van der Waals surface area (Å²) < 4.78 is 26.6. The third kappa shape index (κ3) is 2.57. The summed E-state index contributed by atoms with van der Waals surface area (Å²) in [7, 11) is -3.72. The molecule has 1 saturated carbocycles. The van der Waals surface area contributed by atoms with Crippen LogP contribution < -0.4 is 4.72 Å². The highest BCUT2D eigenvalue weighted by Crippen LogP contribution is 2.48. The van der Waals surface area contributed by atoms with E-state index >= 15 is 0 Å². The zero-order chi connectivity index (χ0) is 13.4. The first kappa shape index (κ1) is 13.5. The average molecular weight is 289 g/mol. The van der Waals surface area contributed by atoms with Gasteiger partial charge in [0.15, 0.2) is 0 Å². The second-order valence-corrected chi connectivity index (χ2v) is 7.25. The van der Waals surface area contributed by atoms with Gasteiger partial charge >= 0.3 is 5.97 Å². The van der Waals surface area contributed by atoms with Gasteiger partial charge in [0, 0.05) is 6.54 Å². The van der Waals surface area contributed by atoms with E-state index in [1.54, 1.807) is 0 Å². The molecule has 0 unspecified atom stereocenters. The number of sulfonamides is 1. The lowest BCUT2D eigenvalue weighted by atomic mass is 10.1. The van der Waals surface area contributed by atoms with Crippen LogP contribution in [-0.4, -0.2) is 26.0 Å². The molecule has 0 amide bonds. The highest BCUT2D eigenvalue weighted by Gasteiger charge is 2.41. The van der Waals surface area contributed by atoms with E-state index in [9.17, 15) is 13.2 Å². The summed E-state index contributed by atoms with van der Waals surface area (Å²) in [4.78, 5) is 10.6. The molecule has 1 aliphatic rings. The first-order chi connectivity index (χ1) is 8.40. The number of nitrogens with one attached hydrogen (secondary N) is 1. The molecule has 1 aliphatic carbocycles. The Morgan fingerprint density at radius 2 is 2.22 bits per heavy atom. The lowest BCUT2D eigenvalue weighted by Crippen LogP contribution is -2.30. The van der Waals surface area contributed by atoms with Crippen LogP contribution in [0.1, 0.15) is 35.9 Å². The van der Waals surface area contributed by atoms with E-state index in [1.807, 2.05) is 6.92 Å². The molecule has 0 saturated heterocycles. The van der Waals surface area contributed by atoms with Crippen molar-refractivity contribution in [1.29, 1.82) is 0 Å². The molecule has 1 aromatic rings. The molecule has 0 radical (unpaired) electrons. The third-order valence-corrected chi connectivity index (χ3v) is 5.93. The van der Waals surface area contributed by atoms with Crippen LogP contribution >= 0.6 is 11.3 Å². The fourth-order valence-corrected chi connectivity index (χ4v) is 4.24. The lowest BCUT2D eigenvalue weighted by Gasteiger charge is -2.13. The van der Waals surface area contributed by atoms with Crippen LogP contribution in [0.4, 0.5) is 0 Å². The molecule has 100 valence electrons. The van der Waals surface area contributed by atoms with E-state index in [2.05, 4.69) is 4.72 Å². The van der Waals surface area contributed by atoms with Crippen LogP contribution in [0, 0.1) is 5.41 Å². The third-order valence-electron chi connectivity index (χ3n) is 3.46. The van der Waals surface area contributed by atoms with E-state index in [0.29, 0.717) is 6.54 Å². The van der Waals surface area contributed by atoms with Crippen LogP contribution in [0.3, 0.4) is 0 Å². The number of hydrogen-bond acceptors (Lipinski definition) is 4. The maximum Gasteiger partial charge on any atom is 0.347 e. The standard InChI is InChI=1S/C11H15NO4S2/c1-2-11(4-5-11)7-12-18(15,16)8-3-6-17-9(8)10(13)14/h3,6,12H,2,4-5,7H2,1H3,(H,13,14). The number of carbonyl (C=O) groups is 1. The van der Waals surface area contributed by atoms with Gasteiger partial charge in [-0.15, -0.1) is 11.3 Å². The topological polar surface area (TPSA) is 83.5 Å². The summed E-state index contributed by atoms with van der Waals surface area (Å²) in [5, 5.41) is 10.4. The van der Waals surface area contributed by atoms with Gasteiger partial charge in [-0.3, -0.25) is 0 Å². The largest absolute Gasteiger partial charge is 0.477 e. The van der Waals surface area contributed by atoms with Crippen molar-refractivity contribution in [2.45, 2.75) is 31.1 Å². The number of hydrogen-bond donors (Lipinski definition) is 2. The highest BCUT2D eigenvalue weighted by atomic mass is 32.2. The highest BCUT2D eigenvalue weighted by molar-refractivity contribution is 7.89. The molecule has 0 spiro atoms. The number of rotatable bonds is 6. The van der Waals surface area contributed by atoms with Gasteiger partial charge in [0.25, 0.3) is 0 Å². The Morgan fingerprint density at radius 1 is 1.56 bits per heavy atom. The SMILES string of the molecule is CCC1(CNS(=O)(=O)c2ccsc2C(=O)O)CC1. The second kappa shape index (κ2) is 4.64. The number of aromatic carboxylic acids is 1. The Morgan fingerprint density at radius 3 is 2.72 bits per heavy atom. The van der Waals surface area contributed by atoms with Crippen molar-refractivity contribution in [3.05, 3.63) is 16.3 Å². The van der Waals surface area contributed by atoms with Crippen molar-refractivity contribution in [2.24, 2.45) is 5.41 Å². The first-order valence-corrected chi connectivity index (χ1v) is 8.07. The predicted molar refractivity (Wildman–Crippen MR) is 68.4 cm³/mol. The molecule has 2 N–H and O–H groups in total. The van der Waals surface area contributed by atoms with E-state index in [-0.39, 0.29) is 15.2 Å². The Bertz CT molecular complexity index is 557. The van der Waals surface area contributed by atoms with E-state index < -0.39 is 16.0 Å². The molecule has 0 aliphatic heterocycles. The van der Waals surface area contributed by atoms with Gasteiger partial charge in [0.05, 0.1) is 0 Å². The summed E-state index contributed by atoms with van der Waals surface area (Å²) in [5.74, 6) is -1.21. The summed E-state index contributed by atoms with van der Waals surface area (Å²) >= 11 is 0.921. The smallest absolute Gasteiger partial charge is 0.347 e. The first-order valence-electron chi connectivity index (χ1n) is 5.71. The van der Waals surface area contributed by atoms with Crippen molar-refractivity contribution in [2.75, 3.05) is 6.54 Å². The zero-order valence-electron chi connectivity index (χ0n) is 9.97. The average Bonchev–Trinajstić information content (AvgIpc) is 2.91. The number of carboxylic acid groups (broad SMARTS) is 1. The van der Waals surface area contributed by atoms with Gasteiger partial charge < -0.3 is 5.11 Å². The van der Waals surface area contributed by atoms with Gasteiger partial charge in [0.2, 0.25) is 10.0 Å². The number of thiophene rings is 1. The Labute approximate surface area is 110 Å². The van der Waals surface area contributed by atoms with Crippen molar-refractivity contribution in [1.82, 2.24) is 4.72 Å². The Balaban J connectivity index is 2.15. The van der Waals surface area contributed by atoms with Crippen LogP contribution in [0.2, 0.25) is 0 Å². The molecule has 0 atom stereocenters. The Kier molecular flexibility index (Phi) is 3.48. The van der Waals surface area contributed by atoms with Crippen LogP contribution in [0.5, 0.6) is 0 Å². The molecule has 2 rings (SSSR count). The van der Waals surface area contributed by atoms with Crippen molar-refractivity contribution >= 4 is 27.3 Å². The fraction of sp³-hybridized carbons (Fsp3) is 0.545. The minimum Gasteiger partial charge on any atom is -0.477 e. The second-order valence-electron chi connectivity index (χ2n) is 4.60. The minimum atomic E-state index is -3.72. The molecule has 1 fully saturated rings. The van der Waals surface area contributed by atoms with E-state index in [4.69, 9.17) is 5.11 Å². The normalized spacial score (nSPS) is 17.6. The van der Waals surface area contributed by atoms with E-state index in [1.165, 1.54) is 11.4 Å². The van der Waals surface area contributed by atoms with Gasteiger partial charge in [-0.2, -0.15) is 0 Å². The summed E-state index contributed by atoms with van der Waals surface area (Å²) in [5.41, 5.74) is 0.0898. The maximum atomic E-state index is 12.0. The molecule has 18 heavy (non-hydrogen) atoms. The Hall–Kier alpha value is -0.920. The van der Waals surface area contributed by atoms with Crippen molar-refractivity contribution in [3.63, 3.8) is 0 Å². The van der Waals surface area contributed by atoms with Crippen molar-refractivity contribution < 1.29 is 18.3 Å². The molecule has 7 heteroatoms. The molecule has 0 aromatic carbocycles. The predicted octanol–water partition coefficient (Wildman–Crippen LogP) is 1.91. The van der Waals surface area contributed by atoms with Crippen LogP contribution in [-0.2, 0) is 10.0 Å². The van der Waals surface area contributed by atoms with Gasteiger partial charge in [-0.25, -0.2) is 17.9 Å². The lowest BCUT2D eigenvalue weighted by molar-refractivity contribution is 0.0698. The summed E-state index contributed by atoms with van der Waals surface area (Å²) in [6.45, 7) is 2.43. The molecular formula is C11H15NO4S2. The van der Waals surface area contributed by atoms with Crippen molar-refractivity contribution in [3.8, 4) is 0 Å². The number of carboxylic acids is 1. The van der Waals surface area contributed by atoms with Crippen LogP contribution in [0.15, 0.2) is 16.3 Å². The molecule has 0 bridgehead atoms. The van der Waals surface area contributed by atoms with Gasteiger partial charge in [-0.1, -0.05) is 6.92 Å². The quantitative estimate of drug-likeness (QED) is 0.838. The van der Waals surface area contributed by atoms with Gasteiger partial charge in [0.1, 0.15) is 9.77 Å². The molecular weight excluding hydrogens is 274 g/mol.